The van der Waals surface area contributed by atoms with Crippen LogP contribution in [0.4, 0.5) is 0 Å². The Labute approximate surface area is 247 Å². The summed E-state index contributed by atoms with van der Waals surface area (Å²) in [6, 6.07) is 15.2. The van der Waals surface area contributed by atoms with Crippen molar-refractivity contribution in [2.75, 3.05) is 20.2 Å². The average molecular weight is 667 g/mol. The summed E-state index contributed by atoms with van der Waals surface area (Å²) in [6.07, 6.45) is 3.07. The second-order valence-electron chi connectivity index (χ2n) is 11.4. The van der Waals surface area contributed by atoms with Gasteiger partial charge in [0, 0.05) is 18.2 Å². The van der Waals surface area contributed by atoms with Crippen LogP contribution in [0.5, 0.6) is 11.5 Å². The third kappa shape index (κ3) is 9.04. The minimum absolute atomic E-state index is 0.129. The largest absolute Gasteiger partial charge is 0.497 e. The fourth-order valence-corrected chi connectivity index (χ4v) is 5.79. The van der Waals surface area contributed by atoms with Crippen LogP contribution in [0.1, 0.15) is 38.7 Å². The number of halogens is 1. The second-order valence-corrected chi connectivity index (χ2v) is 17.0. The number of para-hydroxylation sites is 1. The van der Waals surface area contributed by atoms with E-state index >= 15 is 0 Å². The summed E-state index contributed by atoms with van der Waals surface area (Å²) in [7, 11) is -0.638. The zero-order valence-corrected chi connectivity index (χ0v) is 26.8. The Morgan fingerprint density at radius 1 is 1.15 bits per heavy atom. The number of benzene rings is 2. The summed E-state index contributed by atoms with van der Waals surface area (Å²) in [5, 5.41) is 17.6. The molecule has 2 aromatic rings. The van der Waals surface area contributed by atoms with Gasteiger partial charge >= 0.3 is 0 Å². The molecule has 0 radical (unpaired) electrons. The predicted molar refractivity (Wildman–Crippen MR) is 167 cm³/mol. The van der Waals surface area contributed by atoms with Crippen molar-refractivity contribution >= 4 is 36.8 Å². The van der Waals surface area contributed by atoms with Crippen LogP contribution < -0.4 is 20.1 Å². The lowest BCUT2D eigenvalue weighted by atomic mass is 9.89. The van der Waals surface area contributed by atoms with Gasteiger partial charge in [-0.05, 0) is 109 Å². The van der Waals surface area contributed by atoms with Crippen LogP contribution >= 0.6 is 22.6 Å². The summed E-state index contributed by atoms with van der Waals surface area (Å²) < 4.78 is 12.5. The maximum absolute atomic E-state index is 13.2. The molecule has 9 heteroatoms. The van der Waals surface area contributed by atoms with E-state index in [-0.39, 0.29) is 17.0 Å². The number of carbonyl (C=O) groups is 1. The number of nitrogens with one attached hydrogen (secondary N) is 2. The molecule has 4 N–H and O–H groups in total. The van der Waals surface area contributed by atoms with Crippen LogP contribution in [-0.2, 0) is 11.2 Å². The third-order valence-corrected chi connectivity index (χ3v) is 12.3. The van der Waals surface area contributed by atoms with E-state index in [1.54, 1.807) is 13.2 Å². The van der Waals surface area contributed by atoms with Crippen molar-refractivity contribution in [1.82, 2.24) is 10.6 Å². The van der Waals surface area contributed by atoms with E-state index in [2.05, 4.69) is 47.1 Å². The maximum atomic E-state index is 13.2. The van der Waals surface area contributed by atoms with E-state index in [0.29, 0.717) is 30.8 Å². The van der Waals surface area contributed by atoms with Gasteiger partial charge in [0.05, 0.1) is 10.7 Å². The van der Waals surface area contributed by atoms with Crippen molar-refractivity contribution < 1.29 is 24.2 Å². The van der Waals surface area contributed by atoms with Gasteiger partial charge in [-0.3, -0.25) is 4.79 Å². The molecule has 0 aromatic heterocycles. The van der Waals surface area contributed by atoms with Gasteiger partial charge in [-0.15, -0.1) is 0 Å². The summed E-state index contributed by atoms with van der Waals surface area (Å²) in [6.45, 7) is 9.28. The number of aliphatic hydroxyl groups is 1. The minimum atomic E-state index is -2.29. The van der Waals surface area contributed by atoms with Gasteiger partial charge < -0.3 is 30.0 Å². The Morgan fingerprint density at radius 3 is 2.59 bits per heavy atom. The summed E-state index contributed by atoms with van der Waals surface area (Å²) >= 11 is 2.21. The number of rotatable bonds is 13. The maximum Gasteiger partial charge on any atom is 0.247 e. The number of ether oxygens (including phenoxy) is 2. The van der Waals surface area contributed by atoms with Gasteiger partial charge in [0.1, 0.15) is 23.7 Å². The highest BCUT2D eigenvalue weighted by atomic mass is 127. The van der Waals surface area contributed by atoms with Crippen LogP contribution in [-0.4, -0.2) is 62.6 Å². The highest BCUT2D eigenvalue weighted by Crippen LogP contribution is 2.39. The molecule has 0 saturated heterocycles. The van der Waals surface area contributed by atoms with Crippen molar-refractivity contribution in [3.8, 4) is 11.5 Å². The first kappa shape index (κ1) is 31.6. The van der Waals surface area contributed by atoms with Crippen LogP contribution in [0.15, 0.2) is 60.2 Å². The number of hydrogen-bond acceptors (Lipinski definition) is 6. The normalized spacial score (nSPS) is 19.8. The molecule has 0 unspecified atom stereocenters. The SMILES string of the molecule is COc1cccc(CCN[C@@H]2CC(C(=O)NCCCC(C)(C)[Si](C)(C)O)=C[C@H](Oc3ccccc3I)[C@H]2O)c1. The molecule has 0 spiro atoms. The van der Waals surface area contributed by atoms with Crippen molar-refractivity contribution in [3.63, 3.8) is 0 Å². The van der Waals surface area contributed by atoms with Crippen LogP contribution in [0.25, 0.3) is 0 Å². The highest BCUT2D eigenvalue weighted by Gasteiger charge is 2.38. The lowest BCUT2D eigenvalue weighted by Gasteiger charge is -2.35. The van der Waals surface area contributed by atoms with E-state index in [1.165, 1.54) is 0 Å². The molecular formula is C30H43IN2O5Si. The molecule has 1 aliphatic carbocycles. The summed E-state index contributed by atoms with van der Waals surface area (Å²) in [5.41, 5.74) is 1.73. The molecular weight excluding hydrogens is 623 g/mol. The monoisotopic (exact) mass is 666 g/mol. The number of aliphatic hydroxyl groups excluding tert-OH is 1. The molecule has 214 valence electrons. The number of hydrogen-bond donors (Lipinski definition) is 4. The molecule has 0 bridgehead atoms. The average Bonchev–Trinajstić information content (AvgIpc) is 2.89. The fraction of sp³-hybridized carbons (Fsp3) is 0.500. The van der Waals surface area contributed by atoms with Crippen molar-refractivity contribution in [2.45, 2.75) is 75.9 Å². The third-order valence-electron chi connectivity index (χ3n) is 7.82. The zero-order valence-electron chi connectivity index (χ0n) is 23.7. The van der Waals surface area contributed by atoms with Crippen LogP contribution in [0.2, 0.25) is 18.1 Å². The first-order valence-corrected chi connectivity index (χ1v) is 17.6. The highest BCUT2D eigenvalue weighted by molar-refractivity contribution is 14.1. The molecule has 2 aromatic carbocycles. The molecule has 1 aliphatic rings. The van der Waals surface area contributed by atoms with E-state index in [4.69, 9.17) is 9.47 Å². The molecule has 1 amide bonds. The Morgan fingerprint density at radius 2 is 1.90 bits per heavy atom. The summed E-state index contributed by atoms with van der Waals surface area (Å²) in [4.78, 5) is 23.7. The fourth-order valence-electron chi connectivity index (χ4n) is 4.49. The summed E-state index contributed by atoms with van der Waals surface area (Å²) in [5.74, 6) is 1.34. The van der Waals surface area contributed by atoms with Crippen molar-refractivity contribution in [1.29, 1.82) is 0 Å². The predicted octanol–water partition coefficient (Wildman–Crippen LogP) is 4.81. The Kier molecular flexibility index (Phi) is 11.4. The minimum Gasteiger partial charge on any atom is -0.497 e. The quantitative estimate of drug-likeness (QED) is 0.139. The molecule has 3 rings (SSSR count). The van der Waals surface area contributed by atoms with E-state index in [0.717, 1.165) is 34.1 Å². The van der Waals surface area contributed by atoms with Crippen LogP contribution in [0.3, 0.4) is 0 Å². The molecule has 0 aliphatic heterocycles. The zero-order chi connectivity index (χ0) is 28.6. The Hall–Kier alpha value is -1.92. The molecule has 39 heavy (non-hydrogen) atoms. The molecule has 0 heterocycles. The van der Waals surface area contributed by atoms with Crippen LogP contribution in [0, 0.1) is 3.57 Å². The molecule has 0 fully saturated rings. The number of amides is 1. The van der Waals surface area contributed by atoms with Crippen molar-refractivity contribution in [2.24, 2.45) is 0 Å². The Bertz CT molecular complexity index is 1130. The van der Waals surface area contributed by atoms with Gasteiger partial charge in [0.15, 0.2) is 8.32 Å². The number of carbonyl (C=O) groups excluding carboxylic acids is 1. The number of methoxy groups -OCH3 is 1. The first-order valence-electron chi connectivity index (χ1n) is 13.6. The molecule has 3 atom stereocenters. The lowest BCUT2D eigenvalue weighted by Crippen LogP contribution is -2.52. The van der Waals surface area contributed by atoms with Gasteiger partial charge in [0.25, 0.3) is 0 Å². The molecule has 7 nitrogen and oxygen atoms in total. The van der Waals surface area contributed by atoms with Crippen molar-refractivity contribution in [3.05, 3.63) is 69.3 Å². The lowest BCUT2D eigenvalue weighted by molar-refractivity contribution is -0.118. The van der Waals surface area contributed by atoms with Gasteiger partial charge in [-0.2, -0.15) is 0 Å². The topological polar surface area (TPSA) is 100 Å². The molecule has 0 saturated carbocycles. The van der Waals surface area contributed by atoms with Gasteiger partial charge in [-0.1, -0.05) is 38.1 Å². The van der Waals surface area contributed by atoms with E-state index < -0.39 is 20.5 Å². The second kappa shape index (κ2) is 14.1. The van der Waals surface area contributed by atoms with Gasteiger partial charge in [-0.25, -0.2) is 0 Å². The van der Waals surface area contributed by atoms with E-state index in [9.17, 15) is 14.7 Å². The van der Waals surface area contributed by atoms with E-state index in [1.807, 2.05) is 61.6 Å². The first-order chi connectivity index (χ1) is 18.4. The smallest absolute Gasteiger partial charge is 0.247 e. The standard InChI is InChI=1S/C30H43IN2O5Si/c1-30(2,39(4,5)36)15-9-16-33-29(35)22-19-25(32-17-14-21-10-8-11-23(18-21)37-3)28(34)27(20-22)38-26-13-7-6-12-24(26)31/h6-8,10-13,18,20,25,27-28,32,34,36H,9,14-17,19H2,1-5H3,(H,33,35)/t25-,27+,28+/m1/s1. The van der Waals surface area contributed by atoms with Gasteiger partial charge in [0.2, 0.25) is 5.91 Å². The Balaban J connectivity index is 1.67.